The Balaban J connectivity index is 1.59. The van der Waals surface area contributed by atoms with Crippen LogP contribution in [0.4, 0.5) is 8.78 Å². The zero-order valence-corrected chi connectivity index (χ0v) is 15.3. The highest BCUT2D eigenvalue weighted by Gasteiger charge is 2.34. The molecule has 1 N–H and O–H groups in total. The van der Waals surface area contributed by atoms with Crippen molar-refractivity contribution in [2.24, 2.45) is 5.92 Å². The van der Waals surface area contributed by atoms with Crippen LogP contribution in [-0.2, 0) is 16.1 Å². The summed E-state index contributed by atoms with van der Waals surface area (Å²) in [6.07, 6.45) is 0.155. The minimum Gasteiger partial charge on any atom is -0.349 e. The summed E-state index contributed by atoms with van der Waals surface area (Å²) in [6, 6.07) is 11.0. The Morgan fingerprint density at radius 1 is 1.19 bits per heavy atom. The molecule has 2 atom stereocenters. The van der Waals surface area contributed by atoms with Gasteiger partial charge >= 0.3 is 0 Å². The average Bonchev–Trinajstić information content (AvgIpc) is 3.00. The molecule has 0 spiro atoms. The minimum absolute atomic E-state index is 0.0591. The number of hydrogen-bond acceptors (Lipinski definition) is 2. The normalized spacial score (nSPS) is 17.9. The average molecular weight is 372 g/mol. The highest BCUT2D eigenvalue weighted by atomic mass is 19.2. The maximum atomic E-state index is 13.4. The van der Waals surface area contributed by atoms with Crippen molar-refractivity contribution in [1.29, 1.82) is 0 Å². The van der Waals surface area contributed by atoms with E-state index in [1.165, 1.54) is 6.07 Å². The van der Waals surface area contributed by atoms with E-state index < -0.39 is 23.6 Å². The van der Waals surface area contributed by atoms with Crippen molar-refractivity contribution in [2.75, 3.05) is 6.54 Å². The van der Waals surface area contributed by atoms with E-state index in [1.807, 2.05) is 31.2 Å². The van der Waals surface area contributed by atoms with Crippen LogP contribution in [0.5, 0.6) is 0 Å². The Hall–Kier alpha value is -2.76. The minimum atomic E-state index is -0.950. The largest absolute Gasteiger partial charge is 0.349 e. The van der Waals surface area contributed by atoms with Gasteiger partial charge in [0.15, 0.2) is 11.6 Å². The van der Waals surface area contributed by atoms with Crippen molar-refractivity contribution in [1.82, 2.24) is 10.2 Å². The Labute approximate surface area is 157 Å². The van der Waals surface area contributed by atoms with E-state index in [0.29, 0.717) is 18.7 Å². The summed E-state index contributed by atoms with van der Waals surface area (Å²) in [5.74, 6) is -2.64. The van der Waals surface area contributed by atoms with Crippen LogP contribution in [0.2, 0.25) is 0 Å². The van der Waals surface area contributed by atoms with Gasteiger partial charge < -0.3 is 10.2 Å². The Kier molecular flexibility index (Phi) is 5.54. The smallest absolute Gasteiger partial charge is 0.225 e. The van der Waals surface area contributed by atoms with Gasteiger partial charge in [-0.05, 0) is 37.1 Å². The third-order valence-corrected chi connectivity index (χ3v) is 4.88. The second kappa shape index (κ2) is 7.86. The summed E-state index contributed by atoms with van der Waals surface area (Å²) >= 11 is 0. The molecule has 2 aromatic carbocycles. The van der Waals surface area contributed by atoms with Crippen molar-refractivity contribution in [3.05, 3.63) is 70.8 Å². The monoisotopic (exact) mass is 372 g/mol. The van der Waals surface area contributed by atoms with Crippen LogP contribution >= 0.6 is 0 Å². The van der Waals surface area contributed by atoms with Crippen LogP contribution in [-0.4, -0.2) is 23.3 Å². The molecule has 27 heavy (non-hydrogen) atoms. The Bertz CT molecular complexity index is 852. The predicted octanol–water partition coefficient (Wildman–Crippen LogP) is 3.50. The number of carbonyl (C=O) groups excluding carboxylic acids is 2. The second-order valence-corrected chi connectivity index (χ2v) is 7.06. The summed E-state index contributed by atoms with van der Waals surface area (Å²) in [6.45, 7) is 4.52. The summed E-state index contributed by atoms with van der Waals surface area (Å²) < 4.78 is 26.4. The van der Waals surface area contributed by atoms with E-state index in [2.05, 4.69) is 5.32 Å². The number of amides is 2. The van der Waals surface area contributed by atoms with E-state index in [-0.39, 0.29) is 18.2 Å². The van der Waals surface area contributed by atoms with Gasteiger partial charge in [-0.15, -0.1) is 0 Å². The number of aryl methyl sites for hydroxylation is 1. The maximum Gasteiger partial charge on any atom is 0.225 e. The lowest BCUT2D eigenvalue weighted by Gasteiger charge is -2.19. The van der Waals surface area contributed by atoms with Crippen molar-refractivity contribution >= 4 is 11.8 Å². The number of carbonyl (C=O) groups is 2. The third-order valence-electron chi connectivity index (χ3n) is 4.88. The summed E-state index contributed by atoms with van der Waals surface area (Å²) in [4.78, 5) is 26.4. The van der Waals surface area contributed by atoms with Gasteiger partial charge in [0.25, 0.3) is 0 Å². The van der Waals surface area contributed by atoms with Gasteiger partial charge in [-0.1, -0.05) is 35.9 Å². The summed E-state index contributed by atoms with van der Waals surface area (Å²) in [5.41, 5.74) is 2.64. The van der Waals surface area contributed by atoms with Gasteiger partial charge in [0.1, 0.15) is 0 Å². The van der Waals surface area contributed by atoms with Crippen LogP contribution in [0.3, 0.4) is 0 Å². The number of benzene rings is 2. The quantitative estimate of drug-likeness (QED) is 0.873. The van der Waals surface area contributed by atoms with Crippen molar-refractivity contribution in [2.45, 2.75) is 32.9 Å². The highest BCUT2D eigenvalue weighted by Crippen LogP contribution is 2.22. The van der Waals surface area contributed by atoms with Crippen molar-refractivity contribution < 1.29 is 18.4 Å². The van der Waals surface area contributed by atoms with Gasteiger partial charge in [0, 0.05) is 19.5 Å². The predicted molar refractivity (Wildman–Crippen MR) is 97.6 cm³/mol. The first-order chi connectivity index (χ1) is 12.8. The fraction of sp³-hybridized carbons (Fsp3) is 0.333. The van der Waals surface area contributed by atoms with Gasteiger partial charge in [0.05, 0.1) is 12.0 Å². The van der Waals surface area contributed by atoms with Gasteiger partial charge in [0.2, 0.25) is 11.8 Å². The standard InChI is InChI=1S/C21H22F2N2O2/c1-13-3-5-15(6-4-13)11-25-12-17(10-20(25)26)21(27)24-14(2)16-7-8-18(22)19(23)9-16/h3-9,14,17H,10-12H2,1-2H3,(H,24,27). The van der Waals surface area contributed by atoms with Gasteiger partial charge in [-0.25, -0.2) is 8.78 Å². The molecule has 2 amide bonds. The molecule has 2 aromatic rings. The number of halogens is 2. The Morgan fingerprint density at radius 2 is 1.89 bits per heavy atom. The fourth-order valence-electron chi connectivity index (χ4n) is 3.21. The lowest BCUT2D eigenvalue weighted by Crippen LogP contribution is -2.34. The molecule has 0 aromatic heterocycles. The van der Waals surface area contributed by atoms with Crippen molar-refractivity contribution in [3.8, 4) is 0 Å². The molecule has 4 nitrogen and oxygen atoms in total. The zero-order valence-electron chi connectivity index (χ0n) is 15.3. The van der Waals surface area contributed by atoms with Crippen LogP contribution < -0.4 is 5.32 Å². The summed E-state index contributed by atoms with van der Waals surface area (Å²) in [5, 5.41) is 2.79. The molecule has 0 saturated carbocycles. The highest BCUT2D eigenvalue weighted by molar-refractivity contribution is 5.89. The zero-order chi connectivity index (χ0) is 19.6. The Morgan fingerprint density at radius 3 is 2.56 bits per heavy atom. The number of rotatable bonds is 5. The number of nitrogens with one attached hydrogen (secondary N) is 1. The SMILES string of the molecule is Cc1ccc(CN2CC(C(=O)NC(C)c3ccc(F)c(F)c3)CC2=O)cc1. The molecule has 1 aliphatic heterocycles. The molecule has 142 valence electrons. The molecule has 0 aliphatic carbocycles. The first-order valence-electron chi connectivity index (χ1n) is 8.92. The molecule has 1 heterocycles. The van der Waals surface area contributed by atoms with E-state index in [0.717, 1.165) is 23.3 Å². The lowest BCUT2D eigenvalue weighted by molar-refractivity contribution is -0.129. The molecule has 6 heteroatoms. The molecule has 0 bridgehead atoms. The summed E-state index contributed by atoms with van der Waals surface area (Å²) in [7, 11) is 0. The molecule has 1 aliphatic rings. The molecule has 1 fully saturated rings. The van der Waals surface area contributed by atoms with Crippen LogP contribution in [0, 0.1) is 24.5 Å². The number of likely N-dealkylation sites (tertiary alicyclic amines) is 1. The molecule has 2 unspecified atom stereocenters. The van der Waals surface area contributed by atoms with Crippen molar-refractivity contribution in [3.63, 3.8) is 0 Å². The number of hydrogen-bond donors (Lipinski definition) is 1. The lowest BCUT2D eigenvalue weighted by atomic mass is 10.0. The molecule has 3 rings (SSSR count). The molecular formula is C21H22F2N2O2. The van der Waals surface area contributed by atoms with Crippen LogP contribution in [0.25, 0.3) is 0 Å². The van der Waals surface area contributed by atoms with Crippen LogP contribution in [0.1, 0.15) is 36.1 Å². The number of nitrogens with zero attached hydrogens (tertiary/aromatic N) is 1. The van der Waals surface area contributed by atoms with Gasteiger partial charge in [-0.3, -0.25) is 9.59 Å². The first kappa shape index (κ1) is 19.0. The topological polar surface area (TPSA) is 49.4 Å². The molecular weight excluding hydrogens is 350 g/mol. The third kappa shape index (κ3) is 4.51. The maximum absolute atomic E-state index is 13.4. The molecule has 1 saturated heterocycles. The molecule has 0 radical (unpaired) electrons. The first-order valence-corrected chi connectivity index (χ1v) is 8.92. The van der Waals surface area contributed by atoms with E-state index in [4.69, 9.17) is 0 Å². The van der Waals surface area contributed by atoms with E-state index >= 15 is 0 Å². The van der Waals surface area contributed by atoms with Gasteiger partial charge in [-0.2, -0.15) is 0 Å². The van der Waals surface area contributed by atoms with E-state index in [1.54, 1.807) is 11.8 Å². The van der Waals surface area contributed by atoms with E-state index in [9.17, 15) is 18.4 Å². The fourth-order valence-corrected chi connectivity index (χ4v) is 3.21. The second-order valence-electron chi connectivity index (χ2n) is 7.06. The van der Waals surface area contributed by atoms with Crippen LogP contribution in [0.15, 0.2) is 42.5 Å².